The molecule has 1 fully saturated rings. The van der Waals surface area contributed by atoms with Crippen LogP contribution in [0.25, 0.3) is 0 Å². The number of hydrogen-bond donors (Lipinski definition) is 1. The van der Waals surface area contributed by atoms with E-state index in [1.54, 1.807) is 17.3 Å². The van der Waals surface area contributed by atoms with E-state index in [1.165, 1.54) is 4.90 Å². The Kier molecular flexibility index (Phi) is 4.55. The average molecular weight is 277 g/mol. The minimum absolute atomic E-state index is 0.0880. The summed E-state index contributed by atoms with van der Waals surface area (Å²) >= 11 is 0. The van der Waals surface area contributed by atoms with Gasteiger partial charge >= 0.3 is 12.0 Å². The third kappa shape index (κ3) is 3.69. The largest absolute Gasteiger partial charge is 0.480 e. The zero-order valence-electron chi connectivity index (χ0n) is 11.5. The predicted octanol–water partition coefficient (Wildman–Crippen LogP) is 1.57. The highest BCUT2D eigenvalue weighted by Crippen LogP contribution is 2.27. The molecule has 0 bridgehead atoms. The van der Waals surface area contributed by atoms with Crippen molar-refractivity contribution in [1.82, 2.24) is 14.8 Å². The quantitative estimate of drug-likeness (QED) is 0.856. The zero-order valence-corrected chi connectivity index (χ0v) is 11.5. The van der Waals surface area contributed by atoms with E-state index in [0.717, 1.165) is 18.4 Å². The Morgan fingerprint density at radius 2 is 2.00 bits per heavy atom. The second-order valence-corrected chi connectivity index (χ2v) is 4.91. The molecule has 1 aliphatic rings. The highest BCUT2D eigenvalue weighted by molar-refractivity contribution is 5.80. The molecule has 1 aromatic rings. The van der Waals surface area contributed by atoms with Crippen LogP contribution in [0.4, 0.5) is 4.79 Å². The fourth-order valence-electron chi connectivity index (χ4n) is 2.09. The molecule has 0 radical (unpaired) electrons. The number of urea groups is 1. The first-order valence-electron chi connectivity index (χ1n) is 6.78. The minimum atomic E-state index is -0.967. The van der Waals surface area contributed by atoms with Crippen LogP contribution in [0.5, 0.6) is 0 Å². The van der Waals surface area contributed by atoms with Crippen LogP contribution in [-0.4, -0.2) is 51.0 Å². The van der Waals surface area contributed by atoms with Crippen LogP contribution in [0.2, 0.25) is 0 Å². The van der Waals surface area contributed by atoms with Crippen LogP contribution in [0.1, 0.15) is 25.3 Å². The number of carboxylic acids is 1. The van der Waals surface area contributed by atoms with Gasteiger partial charge in [-0.15, -0.1) is 0 Å². The third-order valence-corrected chi connectivity index (χ3v) is 3.31. The zero-order chi connectivity index (χ0) is 14.5. The molecule has 6 nitrogen and oxygen atoms in total. The second-order valence-electron chi connectivity index (χ2n) is 4.91. The number of carbonyl (C=O) groups excluding carboxylic acids is 1. The molecular formula is C14H19N3O3. The average Bonchev–Trinajstić information content (AvgIpc) is 3.27. The summed E-state index contributed by atoms with van der Waals surface area (Å²) in [5.41, 5.74) is 0.987. The first kappa shape index (κ1) is 14.3. The van der Waals surface area contributed by atoms with Gasteiger partial charge in [0.1, 0.15) is 6.54 Å². The van der Waals surface area contributed by atoms with E-state index in [2.05, 4.69) is 4.98 Å². The van der Waals surface area contributed by atoms with Crippen LogP contribution in [-0.2, 0) is 11.3 Å². The summed E-state index contributed by atoms with van der Waals surface area (Å²) < 4.78 is 0. The normalized spacial score (nSPS) is 13.8. The van der Waals surface area contributed by atoms with Crippen LogP contribution in [0.15, 0.2) is 24.5 Å². The lowest BCUT2D eigenvalue weighted by Gasteiger charge is -2.29. The maximum Gasteiger partial charge on any atom is 0.323 e. The van der Waals surface area contributed by atoms with Crippen LogP contribution in [0.3, 0.4) is 0 Å². The van der Waals surface area contributed by atoms with E-state index in [0.29, 0.717) is 13.1 Å². The van der Waals surface area contributed by atoms with E-state index in [9.17, 15) is 9.59 Å². The van der Waals surface area contributed by atoms with Gasteiger partial charge in [0.15, 0.2) is 0 Å². The molecule has 108 valence electrons. The standard InChI is InChI=1S/C14H19N3O3/c1-2-16(9-11-5-7-15-8-6-11)14(20)17(10-13(18)19)12-3-4-12/h5-8,12H,2-4,9-10H2,1H3,(H,18,19). The summed E-state index contributed by atoms with van der Waals surface area (Å²) in [4.78, 5) is 30.4. The molecule has 1 N–H and O–H groups in total. The molecule has 0 unspecified atom stereocenters. The van der Waals surface area contributed by atoms with Crippen molar-refractivity contribution < 1.29 is 14.7 Å². The minimum Gasteiger partial charge on any atom is -0.480 e. The van der Waals surface area contributed by atoms with E-state index < -0.39 is 5.97 Å². The van der Waals surface area contributed by atoms with Gasteiger partial charge in [-0.2, -0.15) is 0 Å². The Labute approximate surface area is 118 Å². The lowest BCUT2D eigenvalue weighted by molar-refractivity contribution is -0.137. The van der Waals surface area contributed by atoms with Gasteiger partial charge in [-0.25, -0.2) is 4.79 Å². The number of pyridine rings is 1. The smallest absolute Gasteiger partial charge is 0.323 e. The summed E-state index contributed by atoms with van der Waals surface area (Å²) in [6, 6.07) is 3.60. The molecule has 2 rings (SSSR count). The Morgan fingerprint density at radius 1 is 1.35 bits per heavy atom. The summed E-state index contributed by atoms with van der Waals surface area (Å²) in [5.74, 6) is -0.967. The van der Waals surface area contributed by atoms with E-state index in [4.69, 9.17) is 5.11 Å². The summed E-state index contributed by atoms with van der Waals surface area (Å²) in [5, 5.41) is 8.93. The number of aromatic nitrogens is 1. The highest BCUT2D eigenvalue weighted by atomic mass is 16.4. The number of hydrogen-bond acceptors (Lipinski definition) is 3. The Morgan fingerprint density at radius 3 is 2.50 bits per heavy atom. The van der Waals surface area contributed by atoms with Crippen molar-refractivity contribution in [2.24, 2.45) is 0 Å². The first-order chi connectivity index (χ1) is 9.61. The second kappa shape index (κ2) is 6.36. The monoisotopic (exact) mass is 277 g/mol. The Balaban J connectivity index is 2.05. The molecule has 6 heteroatoms. The summed E-state index contributed by atoms with van der Waals surface area (Å²) in [6.45, 7) is 2.69. The predicted molar refractivity (Wildman–Crippen MR) is 73.1 cm³/mol. The molecule has 0 saturated heterocycles. The molecule has 0 spiro atoms. The SMILES string of the molecule is CCN(Cc1ccncc1)C(=O)N(CC(=O)O)C1CC1. The van der Waals surface area contributed by atoms with E-state index >= 15 is 0 Å². The number of amides is 2. The summed E-state index contributed by atoms with van der Waals surface area (Å²) in [7, 11) is 0. The molecular weight excluding hydrogens is 258 g/mol. The summed E-state index contributed by atoms with van der Waals surface area (Å²) in [6.07, 6.45) is 5.16. The lowest BCUT2D eigenvalue weighted by Crippen LogP contribution is -2.46. The third-order valence-electron chi connectivity index (χ3n) is 3.31. The van der Waals surface area contributed by atoms with Gasteiger partial charge in [0.05, 0.1) is 0 Å². The van der Waals surface area contributed by atoms with Crippen molar-refractivity contribution in [2.75, 3.05) is 13.1 Å². The molecule has 2 amide bonds. The lowest BCUT2D eigenvalue weighted by atomic mass is 10.2. The highest BCUT2D eigenvalue weighted by Gasteiger charge is 2.35. The maximum atomic E-state index is 12.5. The van der Waals surface area contributed by atoms with Gasteiger partial charge in [0.2, 0.25) is 0 Å². The maximum absolute atomic E-state index is 12.5. The van der Waals surface area contributed by atoms with Gasteiger partial charge in [0, 0.05) is 31.5 Å². The fraction of sp³-hybridized carbons (Fsp3) is 0.500. The van der Waals surface area contributed by atoms with Gasteiger partial charge in [0.25, 0.3) is 0 Å². The van der Waals surface area contributed by atoms with Gasteiger partial charge in [-0.05, 0) is 37.5 Å². The van der Waals surface area contributed by atoms with E-state index in [1.807, 2.05) is 19.1 Å². The topological polar surface area (TPSA) is 73.7 Å². The number of nitrogens with zero attached hydrogens (tertiary/aromatic N) is 3. The van der Waals surface area contributed by atoms with Gasteiger partial charge in [-0.3, -0.25) is 9.78 Å². The van der Waals surface area contributed by atoms with Crippen molar-refractivity contribution in [1.29, 1.82) is 0 Å². The number of carbonyl (C=O) groups is 2. The van der Waals surface area contributed by atoms with Crippen molar-refractivity contribution in [2.45, 2.75) is 32.4 Å². The van der Waals surface area contributed by atoms with Crippen LogP contribution in [0, 0.1) is 0 Å². The number of carboxylic acid groups (broad SMARTS) is 1. The fourth-order valence-corrected chi connectivity index (χ4v) is 2.09. The Hall–Kier alpha value is -2.11. The van der Waals surface area contributed by atoms with Crippen LogP contribution < -0.4 is 0 Å². The van der Waals surface area contributed by atoms with Crippen LogP contribution >= 0.6 is 0 Å². The molecule has 1 aromatic heterocycles. The van der Waals surface area contributed by atoms with Crippen molar-refractivity contribution in [3.63, 3.8) is 0 Å². The van der Waals surface area contributed by atoms with Crippen molar-refractivity contribution >= 4 is 12.0 Å². The molecule has 20 heavy (non-hydrogen) atoms. The molecule has 0 atom stereocenters. The molecule has 0 aliphatic heterocycles. The van der Waals surface area contributed by atoms with Gasteiger partial charge < -0.3 is 14.9 Å². The van der Waals surface area contributed by atoms with E-state index in [-0.39, 0.29) is 18.6 Å². The number of rotatable bonds is 6. The van der Waals surface area contributed by atoms with Crippen molar-refractivity contribution in [3.05, 3.63) is 30.1 Å². The molecule has 1 heterocycles. The molecule has 1 aliphatic carbocycles. The molecule has 1 saturated carbocycles. The first-order valence-corrected chi connectivity index (χ1v) is 6.78. The van der Waals surface area contributed by atoms with Gasteiger partial charge in [-0.1, -0.05) is 0 Å². The number of aliphatic carboxylic acids is 1. The molecule has 0 aromatic carbocycles. The van der Waals surface area contributed by atoms with Crippen molar-refractivity contribution in [3.8, 4) is 0 Å². The Bertz CT molecular complexity index is 474.